The second-order valence-electron chi connectivity index (χ2n) is 1.39. The zero-order valence-corrected chi connectivity index (χ0v) is 5.66. The molecule has 0 aromatic rings. The van der Waals surface area contributed by atoms with Gasteiger partial charge < -0.3 is 0 Å². The molecule has 0 rings (SSSR count). The first kappa shape index (κ1) is 12.6. The first-order chi connectivity index (χ1) is 3.41. The van der Waals surface area contributed by atoms with Crippen molar-refractivity contribution in [2.24, 2.45) is 0 Å². The van der Waals surface area contributed by atoms with Crippen LogP contribution in [0.5, 0.6) is 0 Å². The molecule has 0 bridgehead atoms. The number of unbranched alkanes of at least 4 members (excludes halogenated alkanes) is 2. The Kier molecular flexibility index (Phi) is 18.3. The van der Waals surface area contributed by atoms with Gasteiger partial charge in [0, 0.05) is 0 Å². The molecule has 0 radical (unpaired) electrons. The van der Waals surface area contributed by atoms with E-state index in [-0.39, 0.29) is 51.4 Å². The Hall–Kier alpha value is 1.89. The van der Waals surface area contributed by atoms with Crippen LogP contribution in [0.4, 0.5) is 0 Å². The van der Waals surface area contributed by atoms with Crippen LogP contribution in [0.25, 0.3) is 0 Å². The molecule has 0 saturated carbocycles. The summed E-state index contributed by atoms with van der Waals surface area (Å²) in [5.74, 6) is 0. The summed E-state index contributed by atoms with van der Waals surface area (Å²) < 4.78 is 0. The molecular formula is C5H10KOV. The average molecular weight is 176 g/mol. The van der Waals surface area contributed by atoms with E-state index in [0.29, 0.717) is 0 Å². The third-order valence-electron chi connectivity index (χ3n) is 0.730. The molecule has 0 heterocycles. The van der Waals surface area contributed by atoms with E-state index in [9.17, 15) is 4.79 Å². The summed E-state index contributed by atoms with van der Waals surface area (Å²) in [6.07, 6.45) is 3.93. The minimum atomic E-state index is 0. The number of hydrogen-bond acceptors (Lipinski definition) is 1. The number of carbonyl (C=O) groups is 1. The quantitative estimate of drug-likeness (QED) is 0.349. The van der Waals surface area contributed by atoms with Crippen molar-refractivity contribution < 1.29 is 22.2 Å². The van der Waals surface area contributed by atoms with Crippen molar-refractivity contribution in [3.8, 4) is 0 Å². The molecule has 0 aliphatic heterocycles. The molecule has 0 N–H and O–H groups in total. The monoisotopic (exact) mass is 176 g/mol. The molecule has 42 valence electrons. The molecule has 1 nitrogen and oxygen atoms in total. The van der Waals surface area contributed by atoms with Gasteiger partial charge in [0.1, 0.15) is 0 Å². The summed E-state index contributed by atoms with van der Waals surface area (Å²) in [4.78, 5) is 9.67. The van der Waals surface area contributed by atoms with Gasteiger partial charge in [-0.1, -0.05) is 0 Å². The Morgan fingerprint density at radius 1 is 1.38 bits per heavy atom. The summed E-state index contributed by atoms with van der Waals surface area (Å²) in [6.45, 7) is 0. The maximum absolute atomic E-state index is 9.67. The van der Waals surface area contributed by atoms with E-state index in [1.54, 1.807) is 0 Å². The predicted octanol–water partition coefficient (Wildman–Crippen LogP) is 0.672. The van der Waals surface area contributed by atoms with Crippen LogP contribution in [0.1, 0.15) is 19.3 Å². The maximum atomic E-state index is 9.67. The zero-order chi connectivity index (χ0) is 5.54. The molecular weight excluding hydrogens is 166 g/mol. The normalized spacial score (nSPS) is 7.50. The van der Waals surface area contributed by atoms with Gasteiger partial charge in [0.15, 0.2) is 0 Å². The number of carbonyl (C=O) groups excluding carboxylic acids is 1. The molecule has 0 atom stereocenters. The van der Waals surface area contributed by atoms with Crippen LogP contribution in [-0.2, 0) is 22.2 Å². The zero-order valence-electron chi connectivity index (χ0n) is 4.26. The predicted molar refractivity (Wildman–Crippen MR) is 31.9 cm³/mol. The molecule has 0 fully saturated rings. The fraction of sp³-hybridized carbons (Fsp3) is 0.800. The minimum absolute atomic E-state index is 0. The molecule has 0 spiro atoms. The van der Waals surface area contributed by atoms with Crippen molar-refractivity contribution in [2.75, 3.05) is 0 Å². The van der Waals surface area contributed by atoms with Gasteiger partial charge in [-0.25, -0.2) is 0 Å². The fourth-order valence-corrected chi connectivity index (χ4v) is 0.689. The van der Waals surface area contributed by atoms with Crippen LogP contribution in [-0.4, -0.2) is 57.7 Å². The third-order valence-corrected chi connectivity index (χ3v) is 1.22. The van der Waals surface area contributed by atoms with Crippen LogP contribution in [0, 0.1) is 0 Å². The van der Waals surface area contributed by atoms with E-state index >= 15 is 0 Å². The Balaban J connectivity index is 0. The number of hydrogen-bond donors (Lipinski definition) is 0. The molecule has 8 heavy (non-hydrogen) atoms. The molecule has 3 heteroatoms. The van der Waals surface area contributed by atoms with Crippen molar-refractivity contribution in [1.29, 1.82) is 0 Å². The SMILES string of the molecule is O=CCCC[CH2][V].[KH]. The van der Waals surface area contributed by atoms with Crippen molar-refractivity contribution >= 4 is 57.7 Å². The van der Waals surface area contributed by atoms with Crippen molar-refractivity contribution in [1.82, 2.24) is 0 Å². The molecule has 0 amide bonds. The van der Waals surface area contributed by atoms with Crippen molar-refractivity contribution in [2.45, 2.75) is 24.4 Å². The molecule has 0 aliphatic carbocycles. The second-order valence-corrected chi connectivity index (χ2v) is 2.08. The molecule has 0 aromatic carbocycles. The van der Waals surface area contributed by atoms with Crippen molar-refractivity contribution in [3.63, 3.8) is 0 Å². The molecule has 0 saturated heterocycles. The van der Waals surface area contributed by atoms with Crippen LogP contribution < -0.4 is 0 Å². The Morgan fingerprint density at radius 2 is 2.00 bits per heavy atom. The van der Waals surface area contributed by atoms with Crippen LogP contribution in [0.2, 0.25) is 5.13 Å². The van der Waals surface area contributed by atoms with E-state index in [1.165, 1.54) is 6.42 Å². The first-order valence-corrected chi connectivity index (χ1v) is 3.45. The van der Waals surface area contributed by atoms with Gasteiger partial charge >= 0.3 is 104 Å². The summed E-state index contributed by atoms with van der Waals surface area (Å²) in [5, 5.41) is 1.14. The van der Waals surface area contributed by atoms with Crippen LogP contribution in [0.3, 0.4) is 0 Å². The summed E-state index contributed by atoms with van der Waals surface area (Å²) >= 11 is 2.51. The van der Waals surface area contributed by atoms with Gasteiger partial charge in [-0.2, -0.15) is 0 Å². The Bertz CT molecular complexity index is 49.7. The van der Waals surface area contributed by atoms with Crippen LogP contribution >= 0.6 is 0 Å². The Morgan fingerprint density at radius 3 is 2.38 bits per heavy atom. The summed E-state index contributed by atoms with van der Waals surface area (Å²) in [6, 6.07) is 0. The topological polar surface area (TPSA) is 17.1 Å². The molecule has 0 aliphatic rings. The van der Waals surface area contributed by atoms with E-state index < -0.39 is 0 Å². The van der Waals surface area contributed by atoms with E-state index in [2.05, 4.69) is 17.4 Å². The van der Waals surface area contributed by atoms with Crippen LogP contribution in [0.15, 0.2) is 0 Å². The van der Waals surface area contributed by atoms with E-state index in [4.69, 9.17) is 0 Å². The summed E-state index contributed by atoms with van der Waals surface area (Å²) in [5.41, 5.74) is 0. The van der Waals surface area contributed by atoms with Gasteiger partial charge in [0.25, 0.3) is 0 Å². The van der Waals surface area contributed by atoms with Gasteiger partial charge in [-0.3, -0.25) is 0 Å². The van der Waals surface area contributed by atoms with Gasteiger partial charge in [-0.05, 0) is 0 Å². The van der Waals surface area contributed by atoms with Gasteiger partial charge in [0.05, 0.1) is 0 Å². The molecule has 0 unspecified atom stereocenters. The number of rotatable bonds is 4. The van der Waals surface area contributed by atoms with Gasteiger partial charge in [-0.15, -0.1) is 0 Å². The van der Waals surface area contributed by atoms with Crippen molar-refractivity contribution in [3.05, 3.63) is 0 Å². The Labute approximate surface area is 102 Å². The van der Waals surface area contributed by atoms with E-state index in [0.717, 1.165) is 24.3 Å². The van der Waals surface area contributed by atoms with E-state index in [1.807, 2.05) is 0 Å². The number of aldehydes is 1. The average Bonchev–Trinajstić information content (AvgIpc) is 1.69. The fourth-order valence-electron chi connectivity index (χ4n) is 0.339. The summed E-state index contributed by atoms with van der Waals surface area (Å²) in [7, 11) is 0. The first-order valence-electron chi connectivity index (χ1n) is 2.46. The van der Waals surface area contributed by atoms with Gasteiger partial charge in [0.2, 0.25) is 0 Å². The third kappa shape index (κ3) is 10.8. The standard InChI is InChI=1S/C5H9O.K.V.H/c1-2-3-4-5-6;;;/h5H,1-4H2;;;. The second kappa shape index (κ2) is 11.7. The molecule has 0 aromatic heterocycles.